The van der Waals surface area contributed by atoms with Crippen LogP contribution in [0.3, 0.4) is 0 Å². The molecule has 7 nitrogen and oxygen atoms in total. The second-order valence-corrected chi connectivity index (χ2v) is 10.1. The first-order chi connectivity index (χ1) is 14.2. The highest BCUT2D eigenvalue weighted by atomic mass is 32.2. The Morgan fingerprint density at radius 3 is 2.83 bits per heavy atom. The van der Waals surface area contributed by atoms with Crippen molar-refractivity contribution in [2.24, 2.45) is 5.92 Å². The molecule has 0 saturated carbocycles. The second-order valence-electron chi connectivity index (χ2n) is 7.92. The lowest BCUT2D eigenvalue weighted by Crippen LogP contribution is -2.37. The molecule has 0 spiro atoms. The van der Waals surface area contributed by atoms with E-state index in [0.717, 1.165) is 19.3 Å². The fourth-order valence-corrected chi connectivity index (χ4v) is 5.16. The SMILES string of the molecule is CCCCC(O)(C/C=C/[C@H]1[C@H](C)OC(=O)N1CCSc1nc(C(=O)O)cs1)C(C)C. The topological polar surface area (TPSA) is 100.0 Å². The van der Waals surface area contributed by atoms with Crippen LogP contribution in [0.15, 0.2) is 21.9 Å². The number of nitrogens with zero attached hydrogens (tertiary/aromatic N) is 2. The number of carboxylic acid groups (broad SMARTS) is 1. The number of carbonyl (C=O) groups excluding carboxylic acids is 1. The maximum absolute atomic E-state index is 12.3. The van der Waals surface area contributed by atoms with Crippen LogP contribution >= 0.6 is 23.1 Å². The Bertz CT molecular complexity index is 752. The minimum absolute atomic E-state index is 0.0400. The Balaban J connectivity index is 1.95. The molecule has 0 aromatic carbocycles. The molecule has 0 aliphatic carbocycles. The van der Waals surface area contributed by atoms with E-state index in [1.165, 1.54) is 28.5 Å². The van der Waals surface area contributed by atoms with E-state index in [1.807, 2.05) is 32.9 Å². The summed E-state index contributed by atoms with van der Waals surface area (Å²) in [5.41, 5.74) is -0.703. The number of aromatic nitrogens is 1. The number of ether oxygens (including phenoxy) is 1. The zero-order chi connectivity index (χ0) is 22.3. The van der Waals surface area contributed by atoms with Gasteiger partial charge in [-0.3, -0.25) is 4.90 Å². The van der Waals surface area contributed by atoms with Crippen LogP contribution in [-0.2, 0) is 4.74 Å². The Kier molecular flexibility index (Phi) is 9.18. The largest absolute Gasteiger partial charge is 0.476 e. The molecule has 2 rings (SSSR count). The maximum Gasteiger partial charge on any atom is 0.410 e. The predicted molar refractivity (Wildman–Crippen MR) is 119 cm³/mol. The number of cyclic esters (lactones) is 1. The lowest BCUT2D eigenvalue weighted by molar-refractivity contribution is -0.0122. The van der Waals surface area contributed by atoms with Gasteiger partial charge in [0.05, 0.1) is 11.6 Å². The zero-order valence-corrected chi connectivity index (χ0v) is 19.7. The molecule has 0 radical (unpaired) electrons. The standard InChI is InChI=1S/C21H32N2O5S2/c1-5-6-9-21(27,14(2)3)10-7-8-17-15(4)28-20(26)23(17)11-12-29-19-22-16(13-30-19)18(24)25/h7-8,13-15,17,27H,5-6,9-12H2,1-4H3,(H,24,25)/b8-7+/t15-,17-,21?/m0/s1. The fraction of sp³-hybridized carbons (Fsp3) is 0.667. The third-order valence-electron chi connectivity index (χ3n) is 5.46. The van der Waals surface area contributed by atoms with Crippen LogP contribution in [-0.4, -0.2) is 62.2 Å². The van der Waals surface area contributed by atoms with E-state index in [9.17, 15) is 14.7 Å². The highest BCUT2D eigenvalue weighted by molar-refractivity contribution is 8.01. The van der Waals surface area contributed by atoms with E-state index >= 15 is 0 Å². The molecule has 1 aromatic heterocycles. The van der Waals surface area contributed by atoms with Gasteiger partial charge in [-0.1, -0.05) is 57.5 Å². The minimum Gasteiger partial charge on any atom is -0.476 e. The van der Waals surface area contributed by atoms with Gasteiger partial charge in [-0.2, -0.15) is 0 Å². The molecule has 30 heavy (non-hydrogen) atoms. The fourth-order valence-electron chi connectivity index (χ4n) is 3.35. The Morgan fingerprint density at radius 1 is 1.50 bits per heavy atom. The van der Waals surface area contributed by atoms with Gasteiger partial charge >= 0.3 is 12.1 Å². The van der Waals surface area contributed by atoms with Crippen LogP contribution in [0.1, 0.15) is 63.9 Å². The quantitative estimate of drug-likeness (QED) is 0.348. The predicted octanol–water partition coefficient (Wildman–Crippen LogP) is 4.67. The molecule has 9 heteroatoms. The third kappa shape index (κ3) is 6.46. The molecule has 1 aromatic rings. The van der Waals surface area contributed by atoms with Crippen LogP contribution in [0.5, 0.6) is 0 Å². The van der Waals surface area contributed by atoms with E-state index in [-0.39, 0.29) is 29.9 Å². The summed E-state index contributed by atoms with van der Waals surface area (Å²) in [5, 5.41) is 21.4. The third-order valence-corrected chi connectivity index (χ3v) is 7.47. The Hall–Kier alpha value is -1.58. The van der Waals surface area contributed by atoms with Gasteiger partial charge in [-0.05, 0) is 25.7 Å². The van der Waals surface area contributed by atoms with Crippen molar-refractivity contribution in [2.45, 2.75) is 75.5 Å². The van der Waals surface area contributed by atoms with Gasteiger partial charge in [-0.15, -0.1) is 11.3 Å². The van der Waals surface area contributed by atoms with Gasteiger partial charge in [0.1, 0.15) is 6.10 Å². The first kappa shape index (κ1) is 24.7. The molecule has 1 amide bonds. The molecule has 1 unspecified atom stereocenters. The minimum atomic E-state index is -1.04. The molecular weight excluding hydrogens is 424 g/mol. The summed E-state index contributed by atoms with van der Waals surface area (Å²) < 4.78 is 6.06. The van der Waals surface area contributed by atoms with Crippen molar-refractivity contribution in [3.05, 3.63) is 23.2 Å². The number of hydrogen-bond acceptors (Lipinski definition) is 7. The van der Waals surface area contributed by atoms with Gasteiger partial charge in [0.25, 0.3) is 0 Å². The van der Waals surface area contributed by atoms with Crippen LogP contribution in [0.4, 0.5) is 4.79 Å². The van der Waals surface area contributed by atoms with Crippen molar-refractivity contribution in [2.75, 3.05) is 12.3 Å². The number of thiazole rings is 1. The summed E-state index contributed by atoms with van der Waals surface area (Å²) >= 11 is 2.71. The van der Waals surface area contributed by atoms with Gasteiger partial charge in [0, 0.05) is 17.7 Å². The van der Waals surface area contributed by atoms with Crippen molar-refractivity contribution < 1.29 is 24.5 Å². The van der Waals surface area contributed by atoms with Crippen molar-refractivity contribution >= 4 is 35.2 Å². The molecule has 1 aliphatic heterocycles. The van der Waals surface area contributed by atoms with Crippen molar-refractivity contribution in [3.8, 4) is 0 Å². The average Bonchev–Trinajstić information content (AvgIpc) is 3.26. The normalized spacial score (nSPS) is 21.4. The number of hydrogen-bond donors (Lipinski definition) is 2. The van der Waals surface area contributed by atoms with Crippen LogP contribution < -0.4 is 0 Å². The molecule has 1 aliphatic rings. The number of thioether (sulfide) groups is 1. The number of aliphatic hydroxyl groups is 1. The van der Waals surface area contributed by atoms with Crippen LogP contribution in [0.25, 0.3) is 0 Å². The highest BCUT2D eigenvalue weighted by Crippen LogP contribution is 2.29. The number of unbranched alkanes of at least 4 members (excludes halogenated alkanes) is 1. The van der Waals surface area contributed by atoms with Crippen molar-refractivity contribution in [1.29, 1.82) is 0 Å². The molecule has 1 fully saturated rings. The smallest absolute Gasteiger partial charge is 0.410 e. The maximum atomic E-state index is 12.3. The molecule has 1 saturated heterocycles. The zero-order valence-electron chi connectivity index (χ0n) is 18.0. The molecule has 2 heterocycles. The average molecular weight is 457 g/mol. The number of carbonyl (C=O) groups is 2. The molecule has 168 valence electrons. The van der Waals surface area contributed by atoms with Gasteiger partial charge < -0.3 is 14.9 Å². The molecule has 3 atom stereocenters. The monoisotopic (exact) mass is 456 g/mol. The van der Waals surface area contributed by atoms with Gasteiger partial charge in [0.2, 0.25) is 0 Å². The van der Waals surface area contributed by atoms with Gasteiger partial charge in [0.15, 0.2) is 10.0 Å². The Labute approximate surface area is 186 Å². The molecular formula is C21H32N2O5S2. The summed E-state index contributed by atoms with van der Waals surface area (Å²) in [5.74, 6) is -0.305. The van der Waals surface area contributed by atoms with Crippen LogP contribution in [0.2, 0.25) is 0 Å². The highest BCUT2D eigenvalue weighted by Gasteiger charge is 2.37. The van der Waals surface area contributed by atoms with E-state index in [2.05, 4.69) is 11.9 Å². The summed E-state index contributed by atoms with van der Waals surface area (Å²) in [7, 11) is 0. The van der Waals surface area contributed by atoms with E-state index in [0.29, 0.717) is 23.1 Å². The summed E-state index contributed by atoms with van der Waals surface area (Å²) in [6.45, 7) is 8.52. The lowest BCUT2D eigenvalue weighted by Gasteiger charge is -2.31. The molecule has 2 N–H and O–H groups in total. The lowest BCUT2D eigenvalue weighted by atomic mass is 9.82. The molecule has 0 bridgehead atoms. The van der Waals surface area contributed by atoms with E-state index in [1.54, 1.807) is 4.90 Å². The number of amides is 1. The number of rotatable bonds is 12. The van der Waals surface area contributed by atoms with E-state index in [4.69, 9.17) is 9.84 Å². The summed E-state index contributed by atoms with van der Waals surface area (Å²) in [4.78, 5) is 28.9. The van der Waals surface area contributed by atoms with Gasteiger partial charge in [-0.25, -0.2) is 14.6 Å². The van der Waals surface area contributed by atoms with E-state index < -0.39 is 11.6 Å². The Morgan fingerprint density at radius 2 is 2.23 bits per heavy atom. The summed E-state index contributed by atoms with van der Waals surface area (Å²) in [6, 6.07) is -0.188. The second kappa shape index (κ2) is 11.2. The summed E-state index contributed by atoms with van der Waals surface area (Å²) in [6.07, 6.45) is 6.64. The first-order valence-corrected chi connectivity index (χ1v) is 12.2. The number of carboxylic acids is 1. The van der Waals surface area contributed by atoms with Crippen molar-refractivity contribution in [1.82, 2.24) is 9.88 Å². The number of aromatic carboxylic acids is 1. The van der Waals surface area contributed by atoms with Crippen molar-refractivity contribution in [3.63, 3.8) is 0 Å². The first-order valence-electron chi connectivity index (χ1n) is 10.4. The van der Waals surface area contributed by atoms with Crippen LogP contribution in [0, 0.1) is 5.92 Å².